The Morgan fingerprint density at radius 2 is 2.04 bits per heavy atom. The predicted molar refractivity (Wildman–Crippen MR) is 97.3 cm³/mol. The van der Waals surface area contributed by atoms with E-state index in [0.717, 1.165) is 45.2 Å². The highest BCUT2D eigenvalue weighted by molar-refractivity contribution is 5.86. The normalized spacial score (nSPS) is 62.6. The second-order valence-corrected chi connectivity index (χ2v) is 11.4. The van der Waals surface area contributed by atoms with Crippen LogP contribution in [0.1, 0.15) is 58.8 Å². The van der Waals surface area contributed by atoms with Crippen LogP contribution in [0.15, 0.2) is 0 Å². The minimum atomic E-state index is -0.593. The molecule has 0 aromatic rings. The standard InChI is InChI=1S/C22H33NO3/c1-19-4-3-5-22-16-9-13-8-14(18(22)23(12-19)6-7-24)21(16,11-20(13,2)26)10-15(25)17(19)22/h13-14,16-18,24,26H,3-12H2,1-2H3/t13?,14?,16?,17?,18?,19-,20-,21?,22?/m0/s1. The zero-order chi connectivity index (χ0) is 18.1. The van der Waals surface area contributed by atoms with Crippen LogP contribution in [0.4, 0.5) is 0 Å². The number of hydrogen-bond acceptors (Lipinski definition) is 4. The van der Waals surface area contributed by atoms with Crippen LogP contribution in [0, 0.1) is 39.9 Å². The molecule has 0 radical (unpaired) electrons. The Morgan fingerprint density at radius 1 is 1.23 bits per heavy atom. The Balaban J connectivity index is 1.59. The van der Waals surface area contributed by atoms with Crippen LogP contribution in [0.25, 0.3) is 0 Å². The first-order valence-electron chi connectivity index (χ1n) is 10.9. The summed E-state index contributed by atoms with van der Waals surface area (Å²) in [7, 11) is 0. The maximum absolute atomic E-state index is 13.6. The molecule has 2 N–H and O–H groups in total. The van der Waals surface area contributed by atoms with E-state index in [2.05, 4.69) is 11.8 Å². The van der Waals surface area contributed by atoms with Gasteiger partial charge in [-0.1, -0.05) is 13.3 Å². The monoisotopic (exact) mass is 359 g/mol. The van der Waals surface area contributed by atoms with E-state index in [9.17, 15) is 15.0 Å². The first kappa shape index (κ1) is 16.5. The van der Waals surface area contributed by atoms with E-state index in [1.54, 1.807) is 0 Å². The van der Waals surface area contributed by atoms with Crippen molar-refractivity contribution in [3.8, 4) is 0 Å². The van der Waals surface area contributed by atoms with Gasteiger partial charge in [0, 0.05) is 31.5 Å². The van der Waals surface area contributed by atoms with Crippen LogP contribution in [0.3, 0.4) is 0 Å². The van der Waals surface area contributed by atoms with Gasteiger partial charge < -0.3 is 10.2 Å². The predicted octanol–water partition coefficient (Wildman–Crippen LogP) is 2.23. The van der Waals surface area contributed by atoms with Crippen molar-refractivity contribution in [3.63, 3.8) is 0 Å². The maximum Gasteiger partial charge on any atom is 0.137 e. The molecule has 7 rings (SSSR count). The first-order chi connectivity index (χ1) is 12.3. The molecule has 6 bridgehead atoms. The molecule has 6 aliphatic carbocycles. The number of β-amino-alcohol motifs (C(OH)–C–C–N with tert-alkyl or cyclic N) is 1. The summed E-state index contributed by atoms with van der Waals surface area (Å²) in [6, 6.07) is 0.463. The Hall–Kier alpha value is -0.450. The van der Waals surface area contributed by atoms with Crippen molar-refractivity contribution in [2.75, 3.05) is 19.7 Å². The molecular weight excluding hydrogens is 326 g/mol. The number of nitrogens with zero attached hydrogens (tertiary/aromatic N) is 1. The molecule has 6 saturated carbocycles. The van der Waals surface area contributed by atoms with Gasteiger partial charge in [0.05, 0.1) is 12.2 Å². The lowest BCUT2D eigenvalue weighted by Gasteiger charge is -2.67. The third-order valence-corrected chi connectivity index (χ3v) is 10.4. The Labute approximate surface area is 156 Å². The number of hydrogen-bond donors (Lipinski definition) is 2. The summed E-state index contributed by atoms with van der Waals surface area (Å²) in [6.07, 6.45) is 7.39. The molecule has 144 valence electrons. The molecule has 9 atom stereocenters. The van der Waals surface area contributed by atoms with Gasteiger partial charge in [-0.3, -0.25) is 9.69 Å². The van der Waals surface area contributed by atoms with Crippen molar-refractivity contribution < 1.29 is 15.0 Å². The fraction of sp³-hybridized carbons (Fsp3) is 0.955. The first-order valence-corrected chi connectivity index (χ1v) is 10.9. The fourth-order valence-corrected chi connectivity index (χ4v) is 10.3. The molecule has 0 aromatic carbocycles. The summed E-state index contributed by atoms with van der Waals surface area (Å²) in [4.78, 5) is 16.2. The lowest BCUT2D eigenvalue weighted by atomic mass is 9.38. The molecule has 7 aliphatic rings. The molecule has 26 heavy (non-hydrogen) atoms. The van der Waals surface area contributed by atoms with Crippen LogP contribution in [-0.4, -0.2) is 52.2 Å². The van der Waals surface area contributed by atoms with Crippen molar-refractivity contribution in [2.45, 2.75) is 70.4 Å². The Bertz CT molecular complexity index is 691. The average molecular weight is 360 g/mol. The van der Waals surface area contributed by atoms with Crippen molar-refractivity contribution >= 4 is 5.78 Å². The molecule has 0 aromatic heterocycles. The van der Waals surface area contributed by atoms with Crippen LogP contribution in [0.2, 0.25) is 0 Å². The zero-order valence-electron chi connectivity index (χ0n) is 16.2. The minimum Gasteiger partial charge on any atom is -0.395 e. The van der Waals surface area contributed by atoms with E-state index in [1.165, 1.54) is 12.8 Å². The number of Topliss-reactive ketones (excluding diaryl/α,β-unsaturated/α-hetero) is 1. The van der Waals surface area contributed by atoms with Gasteiger partial charge in [0.25, 0.3) is 0 Å². The van der Waals surface area contributed by atoms with Gasteiger partial charge in [-0.2, -0.15) is 0 Å². The van der Waals surface area contributed by atoms with Crippen LogP contribution in [0.5, 0.6) is 0 Å². The van der Waals surface area contributed by atoms with Crippen LogP contribution in [-0.2, 0) is 4.79 Å². The number of carbonyl (C=O) groups is 1. The third-order valence-electron chi connectivity index (χ3n) is 10.4. The molecule has 0 amide bonds. The van der Waals surface area contributed by atoms with E-state index in [4.69, 9.17) is 0 Å². The molecule has 7 unspecified atom stereocenters. The van der Waals surface area contributed by atoms with E-state index in [-0.39, 0.29) is 28.8 Å². The number of rotatable bonds is 2. The molecule has 4 heteroatoms. The van der Waals surface area contributed by atoms with Crippen LogP contribution < -0.4 is 0 Å². The van der Waals surface area contributed by atoms with Crippen molar-refractivity contribution in [1.29, 1.82) is 0 Å². The summed E-state index contributed by atoms with van der Waals surface area (Å²) < 4.78 is 0. The number of likely N-dealkylation sites (tertiary alicyclic amines) is 1. The highest BCUT2D eigenvalue weighted by atomic mass is 16.3. The summed E-state index contributed by atoms with van der Waals surface area (Å²) in [5.41, 5.74) is -0.343. The average Bonchev–Trinajstić information content (AvgIpc) is 2.64. The maximum atomic E-state index is 13.6. The molecule has 7 fully saturated rings. The fourth-order valence-electron chi connectivity index (χ4n) is 10.3. The number of aliphatic hydroxyl groups excluding tert-OH is 1. The topological polar surface area (TPSA) is 60.8 Å². The summed E-state index contributed by atoms with van der Waals surface area (Å²) in [5.74, 6) is 2.32. The number of fused-ring (bicyclic) bond motifs is 1. The van der Waals surface area contributed by atoms with Gasteiger partial charge in [-0.15, -0.1) is 0 Å². The molecule has 4 nitrogen and oxygen atoms in total. The smallest absolute Gasteiger partial charge is 0.137 e. The third kappa shape index (κ3) is 1.53. The van der Waals surface area contributed by atoms with Gasteiger partial charge in [0.1, 0.15) is 5.78 Å². The van der Waals surface area contributed by atoms with Crippen LogP contribution >= 0.6 is 0 Å². The van der Waals surface area contributed by atoms with E-state index in [0.29, 0.717) is 29.6 Å². The second kappa shape index (κ2) is 4.58. The lowest BCUT2D eigenvalue weighted by Crippen LogP contribution is -2.69. The summed E-state index contributed by atoms with van der Waals surface area (Å²) >= 11 is 0. The summed E-state index contributed by atoms with van der Waals surface area (Å²) in [5, 5.41) is 20.9. The number of ketones is 1. The lowest BCUT2D eigenvalue weighted by molar-refractivity contribution is -0.211. The molecular formula is C22H33NO3. The Morgan fingerprint density at radius 3 is 2.81 bits per heavy atom. The molecule has 1 saturated heterocycles. The van der Waals surface area contributed by atoms with Gasteiger partial charge in [0.15, 0.2) is 0 Å². The molecule has 2 spiro atoms. The van der Waals surface area contributed by atoms with Gasteiger partial charge in [-0.05, 0) is 73.0 Å². The highest BCUT2D eigenvalue weighted by Gasteiger charge is 2.82. The number of aliphatic hydroxyl groups is 2. The Kier molecular flexibility index (Phi) is 2.90. The minimum absolute atomic E-state index is 0.0345. The van der Waals surface area contributed by atoms with Gasteiger partial charge in [-0.25, -0.2) is 0 Å². The molecule has 1 aliphatic heterocycles. The second-order valence-electron chi connectivity index (χ2n) is 11.4. The number of carbonyl (C=O) groups excluding carboxylic acids is 1. The summed E-state index contributed by atoms with van der Waals surface area (Å²) in [6.45, 7) is 6.35. The quantitative estimate of drug-likeness (QED) is 0.794. The highest BCUT2D eigenvalue weighted by Crippen LogP contribution is 2.82. The van der Waals surface area contributed by atoms with E-state index >= 15 is 0 Å². The largest absolute Gasteiger partial charge is 0.395 e. The zero-order valence-corrected chi connectivity index (χ0v) is 16.2. The molecule has 1 heterocycles. The van der Waals surface area contributed by atoms with Gasteiger partial charge in [0.2, 0.25) is 0 Å². The van der Waals surface area contributed by atoms with Gasteiger partial charge >= 0.3 is 0 Å². The van der Waals surface area contributed by atoms with E-state index < -0.39 is 5.60 Å². The SMILES string of the molecule is C[C@@]12CCCC34C(C5CC6CC3C5(CC(=O)C41)C[C@]6(C)O)N(CCO)C2. The number of piperidine rings is 1. The van der Waals surface area contributed by atoms with Crippen molar-refractivity contribution in [1.82, 2.24) is 4.90 Å². The van der Waals surface area contributed by atoms with Crippen molar-refractivity contribution in [2.24, 2.45) is 39.9 Å². The van der Waals surface area contributed by atoms with E-state index in [1.807, 2.05) is 6.92 Å². The van der Waals surface area contributed by atoms with Crippen molar-refractivity contribution in [3.05, 3.63) is 0 Å².